The average molecular weight is 477 g/mol. The smallest absolute Gasteiger partial charge is 0.266 e. The molecule has 0 aliphatic rings. The zero-order chi connectivity index (χ0) is 23.8. The molecule has 0 saturated carbocycles. The van der Waals surface area contributed by atoms with Gasteiger partial charge in [0.05, 0.1) is 29.0 Å². The number of para-hydroxylation sites is 2. The van der Waals surface area contributed by atoms with Crippen molar-refractivity contribution < 1.29 is 9.26 Å². The number of methoxy groups -OCH3 is 1. The van der Waals surface area contributed by atoms with Crippen LogP contribution in [0.3, 0.4) is 0 Å². The molecule has 2 heterocycles. The summed E-state index contributed by atoms with van der Waals surface area (Å²) >= 11 is 0. The second-order valence-electron chi connectivity index (χ2n) is 7.92. The molecule has 0 N–H and O–H groups in total. The van der Waals surface area contributed by atoms with Crippen LogP contribution in [-0.4, -0.2) is 21.5 Å². The molecule has 170 valence electrons. The second-order valence-corrected chi connectivity index (χ2v) is 9.73. The largest absolute Gasteiger partial charge is 0.497 e. The number of rotatable bonds is 5. The molecule has 35 heavy (non-hydrogen) atoms. The zero-order valence-electron chi connectivity index (χ0n) is 18.8. The van der Waals surface area contributed by atoms with Crippen LogP contribution in [0, 0.1) is 0 Å². The van der Waals surface area contributed by atoms with Crippen LogP contribution in [-0.2, 0) is 0 Å². The van der Waals surface area contributed by atoms with Crippen LogP contribution < -0.4 is 25.4 Å². The van der Waals surface area contributed by atoms with E-state index in [0.29, 0.717) is 39.2 Å². The third-order valence-corrected chi connectivity index (χ3v) is 7.66. The van der Waals surface area contributed by atoms with Gasteiger partial charge in [-0.1, -0.05) is 72.8 Å². The van der Waals surface area contributed by atoms with Gasteiger partial charge in [0.1, 0.15) is 5.75 Å². The number of hydrogen-bond donors (Lipinski definition) is 0. The maximum absolute atomic E-state index is 13.7. The summed E-state index contributed by atoms with van der Waals surface area (Å²) in [5.41, 5.74) is 2.05. The Bertz CT molecular complexity index is 1700. The molecule has 2 aromatic heterocycles. The highest BCUT2D eigenvalue weighted by Crippen LogP contribution is 2.38. The van der Waals surface area contributed by atoms with Crippen LogP contribution in [0.2, 0.25) is 0 Å². The highest BCUT2D eigenvalue weighted by molar-refractivity contribution is 7.68. The maximum atomic E-state index is 13.7. The predicted molar refractivity (Wildman–Crippen MR) is 141 cm³/mol. The van der Waals surface area contributed by atoms with Gasteiger partial charge in [0.2, 0.25) is 5.65 Å². The zero-order valence-corrected chi connectivity index (χ0v) is 19.7. The highest BCUT2D eigenvalue weighted by atomic mass is 31.1. The molecule has 0 radical (unpaired) electrons. The highest BCUT2D eigenvalue weighted by Gasteiger charge is 2.22. The van der Waals surface area contributed by atoms with E-state index in [1.165, 1.54) is 0 Å². The number of benzene rings is 4. The molecule has 6 nitrogen and oxygen atoms in total. The number of ether oxygens (including phenoxy) is 1. The first-order valence-electron chi connectivity index (χ1n) is 11.1. The first-order valence-corrected chi connectivity index (χ1v) is 12.4. The lowest BCUT2D eigenvalue weighted by atomic mass is 10.2. The van der Waals surface area contributed by atoms with Gasteiger partial charge in [0.25, 0.3) is 11.4 Å². The van der Waals surface area contributed by atoms with E-state index in [-0.39, 0.29) is 5.56 Å². The first kappa shape index (κ1) is 21.3. The summed E-state index contributed by atoms with van der Waals surface area (Å²) in [7, 11) is 0.328. The van der Waals surface area contributed by atoms with E-state index >= 15 is 0 Å². The maximum Gasteiger partial charge on any atom is 0.266 e. The topological polar surface area (TPSA) is 65.7 Å². The minimum Gasteiger partial charge on any atom is -0.497 e. The molecular formula is C28H20N3O3P. The van der Waals surface area contributed by atoms with Crippen LogP contribution in [0.1, 0.15) is 0 Å². The molecule has 6 aromatic rings. The summed E-state index contributed by atoms with van der Waals surface area (Å²) in [6.45, 7) is 0. The summed E-state index contributed by atoms with van der Waals surface area (Å²) in [6.07, 6.45) is 0. The van der Waals surface area contributed by atoms with Crippen molar-refractivity contribution in [3.8, 4) is 11.6 Å². The molecule has 7 heteroatoms. The molecule has 0 spiro atoms. The van der Waals surface area contributed by atoms with Gasteiger partial charge in [0.15, 0.2) is 8.15 Å². The number of fused-ring (bicyclic) bond motifs is 4. The number of aromatic nitrogens is 3. The van der Waals surface area contributed by atoms with Crippen molar-refractivity contribution in [2.75, 3.05) is 7.11 Å². The molecule has 4 aromatic carbocycles. The Labute approximate surface area is 202 Å². The van der Waals surface area contributed by atoms with Crippen LogP contribution in [0.15, 0.2) is 108 Å². The predicted octanol–water partition coefficient (Wildman–Crippen LogP) is 4.83. The Balaban J connectivity index is 1.65. The number of nitrogens with zero attached hydrogens (tertiary/aromatic N) is 3. The van der Waals surface area contributed by atoms with Crippen molar-refractivity contribution >= 4 is 46.3 Å². The lowest BCUT2D eigenvalue weighted by molar-refractivity contribution is 0.415. The standard InChI is InChI=1S/C28H20N3O3P/c1-33-19-16-17-22-24(18-19)29-26-27(30-23-14-8-9-15-25(23)31(26)28(22)32)34-35(20-10-4-2-5-11-20)21-12-6-3-7-13-21/h2-18H,1H3. The fourth-order valence-electron chi connectivity index (χ4n) is 4.10. The Kier molecular flexibility index (Phi) is 5.36. The second kappa shape index (κ2) is 8.82. The minimum absolute atomic E-state index is 0.181. The SMILES string of the molecule is COc1ccc2c(=O)n3c(nc2c1)c(OP(c1ccccc1)c1ccccc1)nc1ccccc13. The summed E-state index contributed by atoms with van der Waals surface area (Å²) in [4.78, 5) is 23.4. The van der Waals surface area contributed by atoms with Gasteiger partial charge in [-0.3, -0.25) is 9.20 Å². The molecule has 0 bridgehead atoms. The fraction of sp³-hybridized carbons (Fsp3) is 0.0357. The molecular weight excluding hydrogens is 457 g/mol. The lowest BCUT2D eigenvalue weighted by Crippen LogP contribution is -2.20. The number of hydrogen-bond acceptors (Lipinski definition) is 5. The molecule has 0 unspecified atom stereocenters. The van der Waals surface area contributed by atoms with E-state index in [0.717, 1.165) is 10.6 Å². The van der Waals surface area contributed by atoms with Crippen molar-refractivity contribution in [1.82, 2.24) is 14.4 Å². The fourth-order valence-corrected chi connectivity index (χ4v) is 5.79. The lowest BCUT2D eigenvalue weighted by Gasteiger charge is -2.20. The van der Waals surface area contributed by atoms with Crippen LogP contribution >= 0.6 is 8.15 Å². The Morgan fingerprint density at radius 3 is 2.09 bits per heavy atom. The molecule has 0 aliphatic carbocycles. The molecule has 0 aliphatic heterocycles. The molecule has 0 saturated heterocycles. The van der Waals surface area contributed by atoms with E-state index in [1.54, 1.807) is 29.7 Å². The Morgan fingerprint density at radius 2 is 1.40 bits per heavy atom. The van der Waals surface area contributed by atoms with Crippen molar-refractivity contribution in [2.24, 2.45) is 0 Å². The normalized spacial score (nSPS) is 11.4. The summed E-state index contributed by atoms with van der Waals surface area (Å²) in [6, 6.07) is 32.9. The van der Waals surface area contributed by atoms with Gasteiger partial charge in [-0.2, -0.15) is 0 Å². The van der Waals surface area contributed by atoms with Crippen LogP contribution in [0.25, 0.3) is 27.6 Å². The van der Waals surface area contributed by atoms with Gasteiger partial charge in [-0.05, 0) is 24.3 Å². The van der Waals surface area contributed by atoms with E-state index in [2.05, 4.69) is 0 Å². The third kappa shape index (κ3) is 3.78. The quantitative estimate of drug-likeness (QED) is 0.202. The summed E-state index contributed by atoms with van der Waals surface area (Å²) < 4.78 is 13.6. The van der Waals surface area contributed by atoms with Crippen molar-refractivity contribution in [3.63, 3.8) is 0 Å². The van der Waals surface area contributed by atoms with E-state index in [1.807, 2.05) is 84.9 Å². The van der Waals surface area contributed by atoms with E-state index < -0.39 is 8.15 Å². The van der Waals surface area contributed by atoms with Crippen molar-refractivity contribution in [2.45, 2.75) is 0 Å². The Morgan fingerprint density at radius 1 is 0.743 bits per heavy atom. The van der Waals surface area contributed by atoms with Crippen LogP contribution in [0.4, 0.5) is 0 Å². The molecule has 0 fully saturated rings. The third-order valence-electron chi connectivity index (χ3n) is 5.77. The van der Waals surface area contributed by atoms with Crippen LogP contribution in [0.5, 0.6) is 11.6 Å². The van der Waals surface area contributed by atoms with Gasteiger partial charge < -0.3 is 9.26 Å². The van der Waals surface area contributed by atoms with E-state index in [9.17, 15) is 4.79 Å². The molecule has 0 atom stereocenters. The molecule has 0 amide bonds. The van der Waals surface area contributed by atoms with Crippen molar-refractivity contribution in [1.29, 1.82) is 0 Å². The average Bonchev–Trinajstić information content (AvgIpc) is 2.92. The van der Waals surface area contributed by atoms with Gasteiger partial charge in [-0.25, -0.2) is 9.97 Å². The monoisotopic (exact) mass is 477 g/mol. The Hall–Kier alpha value is -4.28. The van der Waals surface area contributed by atoms with Crippen molar-refractivity contribution in [3.05, 3.63) is 113 Å². The van der Waals surface area contributed by atoms with Gasteiger partial charge in [0, 0.05) is 16.7 Å². The van der Waals surface area contributed by atoms with Gasteiger partial charge >= 0.3 is 0 Å². The minimum atomic E-state index is -1.26. The summed E-state index contributed by atoms with van der Waals surface area (Å²) in [5, 5.41) is 2.57. The van der Waals surface area contributed by atoms with Gasteiger partial charge in [-0.15, -0.1) is 0 Å². The van der Waals surface area contributed by atoms with E-state index in [4.69, 9.17) is 19.2 Å². The molecule has 6 rings (SSSR count). The first-order chi connectivity index (χ1) is 17.2. The summed E-state index contributed by atoms with van der Waals surface area (Å²) in [5.74, 6) is 0.935.